The highest BCUT2D eigenvalue weighted by Gasteiger charge is 2.19. The van der Waals surface area contributed by atoms with E-state index in [-0.39, 0.29) is 0 Å². The quantitative estimate of drug-likeness (QED) is 0.367. The van der Waals surface area contributed by atoms with Crippen LogP contribution in [-0.4, -0.2) is 35.2 Å². The summed E-state index contributed by atoms with van der Waals surface area (Å²) in [7, 11) is -9.70. The number of ether oxygens (including phenoxy) is 1. The average molecular weight is 261 g/mol. The van der Waals surface area contributed by atoms with Crippen LogP contribution in [0.2, 0.25) is 0 Å². The van der Waals surface area contributed by atoms with Crippen molar-refractivity contribution in [3.63, 3.8) is 0 Å². The molecular formula is C5H8FNO6S2. The number of carbonyl (C=O) groups is 1. The number of hydrogen-bond donors (Lipinski definition) is 1. The zero-order chi connectivity index (χ0) is 12.1. The van der Waals surface area contributed by atoms with Crippen LogP contribution in [0.4, 0.5) is 3.89 Å². The number of nitrogens with one attached hydrogen (secondary N) is 1. The maximum atomic E-state index is 11.9. The number of rotatable bonds is 6. The topological polar surface area (TPSA) is 107 Å². The van der Waals surface area contributed by atoms with Crippen molar-refractivity contribution in [1.29, 1.82) is 0 Å². The highest BCUT2D eigenvalue weighted by Crippen LogP contribution is 1.92. The molecule has 0 spiro atoms. The molecule has 0 aromatic carbocycles. The molecule has 88 valence electrons. The Balaban J connectivity index is 4.18. The second-order valence-electron chi connectivity index (χ2n) is 2.21. The lowest BCUT2D eigenvalue weighted by atomic mass is 10.6. The van der Waals surface area contributed by atoms with Crippen LogP contribution >= 0.6 is 0 Å². The Bertz CT molecular complexity index is 438. The molecule has 1 N–H and O–H groups in total. The molecule has 0 amide bonds. The first kappa shape index (κ1) is 14.0. The van der Waals surface area contributed by atoms with E-state index in [9.17, 15) is 25.5 Å². The molecule has 0 aromatic heterocycles. The molecule has 0 atom stereocenters. The van der Waals surface area contributed by atoms with Crippen LogP contribution in [0.1, 0.15) is 0 Å². The Morgan fingerprint density at radius 1 is 1.40 bits per heavy atom. The number of hydrogen-bond acceptors (Lipinski definition) is 6. The van der Waals surface area contributed by atoms with Gasteiger partial charge in [-0.05, 0) is 0 Å². The minimum Gasteiger partial charge on any atom is -0.461 e. The third kappa shape index (κ3) is 8.03. The van der Waals surface area contributed by atoms with Crippen LogP contribution in [0.15, 0.2) is 12.7 Å². The van der Waals surface area contributed by atoms with Crippen LogP contribution in [0.25, 0.3) is 0 Å². The molecule has 0 aliphatic rings. The van der Waals surface area contributed by atoms with E-state index in [1.165, 1.54) is 0 Å². The van der Waals surface area contributed by atoms with Crippen molar-refractivity contribution in [2.45, 2.75) is 0 Å². The smallest absolute Gasteiger partial charge is 0.385 e. The first-order valence-electron chi connectivity index (χ1n) is 3.41. The Morgan fingerprint density at radius 2 is 1.93 bits per heavy atom. The molecule has 0 unspecified atom stereocenters. The van der Waals surface area contributed by atoms with Crippen molar-refractivity contribution < 1.29 is 30.3 Å². The first-order valence-corrected chi connectivity index (χ1v) is 6.45. The van der Waals surface area contributed by atoms with Crippen LogP contribution in [0.3, 0.4) is 0 Å². The van der Waals surface area contributed by atoms with Gasteiger partial charge in [-0.25, -0.2) is 13.2 Å². The number of esters is 1. The number of carbonyl (C=O) groups excluding carboxylic acids is 1. The Morgan fingerprint density at radius 3 is 2.33 bits per heavy atom. The van der Waals surface area contributed by atoms with Crippen LogP contribution in [0, 0.1) is 0 Å². The molecule has 0 aromatic rings. The maximum Gasteiger partial charge on any atom is 0.385 e. The van der Waals surface area contributed by atoms with Gasteiger partial charge in [-0.1, -0.05) is 14.6 Å². The van der Waals surface area contributed by atoms with E-state index in [1.807, 2.05) is 0 Å². The van der Waals surface area contributed by atoms with E-state index in [0.29, 0.717) is 0 Å². The maximum absolute atomic E-state index is 11.9. The van der Waals surface area contributed by atoms with Gasteiger partial charge in [0.05, 0.1) is 5.75 Å². The molecule has 7 nitrogen and oxygen atoms in total. The van der Waals surface area contributed by atoms with Gasteiger partial charge in [-0.15, -0.1) is 0 Å². The van der Waals surface area contributed by atoms with Gasteiger partial charge in [0.15, 0.2) is 0 Å². The van der Waals surface area contributed by atoms with Crippen molar-refractivity contribution in [2.24, 2.45) is 0 Å². The lowest BCUT2D eigenvalue weighted by molar-refractivity contribution is -0.137. The van der Waals surface area contributed by atoms with Gasteiger partial charge < -0.3 is 4.74 Å². The minimum atomic E-state index is -5.34. The summed E-state index contributed by atoms with van der Waals surface area (Å²) in [6, 6.07) is 0. The van der Waals surface area contributed by atoms with Gasteiger partial charge in [0.1, 0.15) is 6.61 Å². The molecule has 15 heavy (non-hydrogen) atoms. The SMILES string of the molecule is C=CC(=O)OCCS(=O)(=O)NS(=O)(=O)F. The van der Waals surface area contributed by atoms with E-state index in [2.05, 4.69) is 11.3 Å². The molecular weight excluding hydrogens is 253 g/mol. The third-order valence-electron chi connectivity index (χ3n) is 0.990. The molecule has 0 radical (unpaired) electrons. The second kappa shape index (κ2) is 5.19. The predicted molar refractivity (Wildman–Crippen MR) is 48.1 cm³/mol. The molecule has 0 saturated heterocycles. The third-order valence-corrected chi connectivity index (χ3v) is 3.51. The van der Waals surface area contributed by atoms with Gasteiger partial charge in [0.25, 0.3) is 0 Å². The van der Waals surface area contributed by atoms with Crippen molar-refractivity contribution in [1.82, 2.24) is 4.13 Å². The highest BCUT2D eigenvalue weighted by molar-refractivity contribution is 8.02. The average Bonchev–Trinajstić information content (AvgIpc) is 1.98. The van der Waals surface area contributed by atoms with E-state index >= 15 is 0 Å². The van der Waals surface area contributed by atoms with Crippen LogP contribution in [0.5, 0.6) is 0 Å². The monoisotopic (exact) mass is 261 g/mol. The summed E-state index contributed by atoms with van der Waals surface area (Å²) in [5.74, 6) is -1.73. The molecule has 0 saturated carbocycles. The van der Waals surface area contributed by atoms with Gasteiger partial charge in [-0.2, -0.15) is 8.42 Å². The lowest BCUT2D eigenvalue weighted by Crippen LogP contribution is -2.31. The zero-order valence-corrected chi connectivity index (χ0v) is 8.98. The number of sulfonamides is 1. The summed E-state index contributed by atoms with van der Waals surface area (Å²) in [6.45, 7) is 2.44. The van der Waals surface area contributed by atoms with E-state index in [1.54, 1.807) is 0 Å². The Kier molecular flexibility index (Phi) is 4.84. The van der Waals surface area contributed by atoms with Crippen LogP contribution < -0.4 is 4.13 Å². The fraction of sp³-hybridized carbons (Fsp3) is 0.400. The molecule has 0 fully saturated rings. The van der Waals surface area contributed by atoms with Crippen molar-refractivity contribution in [2.75, 3.05) is 12.4 Å². The summed E-state index contributed by atoms with van der Waals surface area (Å²) in [4.78, 5) is 10.4. The van der Waals surface area contributed by atoms with E-state index < -0.39 is 38.8 Å². The van der Waals surface area contributed by atoms with E-state index in [4.69, 9.17) is 0 Å². The van der Waals surface area contributed by atoms with E-state index in [0.717, 1.165) is 10.2 Å². The van der Waals surface area contributed by atoms with Gasteiger partial charge in [0, 0.05) is 6.08 Å². The van der Waals surface area contributed by atoms with Crippen molar-refractivity contribution in [3.05, 3.63) is 12.7 Å². The van der Waals surface area contributed by atoms with Gasteiger partial charge in [-0.3, -0.25) is 0 Å². The zero-order valence-electron chi connectivity index (χ0n) is 7.34. The first-order chi connectivity index (χ1) is 6.66. The van der Waals surface area contributed by atoms with Gasteiger partial charge >= 0.3 is 16.4 Å². The Hall–Kier alpha value is -1.00. The molecule has 0 aliphatic heterocycles. The standard InChI is InChI=1S/C5H8FNO6S2/c1-2-5(8)13-3-4-14(9,10)7-15(6,11)12/h2,7H,1,3-4H2. The summed E-state index contributed by atoms with van der Waals surface area (Å²) >= 11 is 0. The highest BCUT2D eigenvalue weighted by atomic mass is 32.3. The van der Waals surface area contributed by atoms with Crippen molar-refractivity contribution in [3.8, 4) is 0 Å². The molecule has 0 bridgehead atoms. The molecule has 0 rings (SSSR count). The van der Waals surface area contributed by atoms with Crippen molar-refractivity contribution >= 4 is 26.4 Å². The summed E-state index contributed by atoms with van der Waals surface area (Å²) in [5, 5.41) is 0. The fourth-order valence-electron chi connectivity index (χ4n) is 0.504. The Labute approximate surface area is 86.3 Å². The summed E-state index contributed by atoms with van der Waals surface area (Å²) in [6.07, 6.45) is 0.798. The minimum absolute atomic E-state index is 0.601. The molecule has 0 heterocycles. The molecule has 0 aliphatic carbocycles. The largest absolute Gasteiger partial charge is 0.461 e. The van der Waals surface area contributed by atoms with Crippen LogP contribution in [-0.2, 0) is 30.0 Å². The van der Waals surface area contributed by atoms with Gasteiger partial charge in [0.2, 0.25) is 10.0 Å². The lowest BCUT2D eigenvalue weighted by Gasteiger charge is -2.02. The summed E-state index contributed by atoms with van der Waals surface area (Å²) in [5.41, 5.74) is 0. The fourth-order valence-corrected chi connectivity index (χ4v) is 2.35. The second-order valence-corrected chi connectivity index (χ2v) is 5.39. The predicted octanol–water partition coefficient (Wildman–Crippen LogP) is -1.15. The normalized spacial score (nSPS) is 12.1. The summed E-state index contributed by atoms with van der Waals surface area (Å²) < 4.78 is 58.3. The molecule has 10 heteroatoms. The number of halogens is 1.